The maximum atomic E-state index is 12.6. The van der Waals surface area contributed by atoms with Gasteiger partial charge in [0.2, 0.25) is 0 Å². The zero-order valence-corrected chi connectivity index (χ0v) is 24.8. The summed E-state index contributed by atoms with van der Waals surface area (Å²) in [6, 6.07) is 0. The molecule has 4 saturated carbocycles. The van der Waals surface area contributed by atoms with Gasteiger partial charge in [-0.15, -0.1) is 0 Å². The fourth-order valence-electron chi connectivity index (χ4n) is 9.23. The first kappa shape index (κ1) is 26.7. The number of fused-ring (bicyclic) bond motifs is 5. The van der Waals surface area contributed by atoms with Gasteiger partial charge in [0, 0.05) is 0 Å². The minimum absolute atomic E-state index is 0.0357. The van der Waals surface area contributed by atoms with Gasteiger partial charge in [-0.1, -0.05) is 34.6 Å². The molecule has 4 rings (SSSR count). The number of carbonyl (C=O) groups is 1. The van der Waals surface area contributed by atoms with E-state index in [1.165, 1.54) is 57.8 Å². The van der Waals surface area contributed by atoms with E-state index in [2.05, 4.69) is 54.6 Å². The first-order chi connectivity index (χ1) is 15.7. The third-order valence-electron chi connectivity index (χ3n) is 11.9. The molecule has 0 aliphatic heterocycles. The average Bonchev–Trinajstić information content (AvgIpc) is 3.08. The fourth-order valence-corrected chi connectivity index (χ4v) is 11.0. The highest BCUT2D eigenvalue weighted by atomic mass is 28.4. The van der Waals surface area contributed by atoms with E-state index in [-0.39, 0.29) is 22.5 Å². The monoisotopic (exact) mass is 490 g/mol. The lowest BCUT2D eigenvalue weighted by Crippen LogP contribution is -2.54. The van der Waals surface area contributed by atoms with E-state index in [1.54, 1.807) is 0 Å². The summed E-state index contributed by atoms with van der Waals surface area (Å²) in [4.78, 5) is 12.6. The van der Waals surface area contributed by atoms with Crippen molar-refractivity contribution in [3.63, 3.8) is 0 Å². The van der Waals surface area contributed by atoms with Crippen LogP contribution in [0.25, 0.3) is 0 Å². The Labute approximate surface area is 211 Å². The molecule has 4 aliphatic rings. The van der Waals surface area contributed by atoms with Gasteiger partial charge < -0.3 is 9.16 Å². The molecule has 196 valence electrons. The molecule has 0 heterocycles. The highest BCUT2D eigenvalue weighted by molar-refractivity contribution is 6.74. The highest BCUT2D eigenvalue weighted by Gasteiger charge is 2.59. The molecule has 0 aromatic carbocycles. The van der Waals surface area contributed by atoms with Crippen LogP contribution in [0.1, 0.15) is 106 Å². The number of carbonyl (C=O) groups excluding carboxylic acids is 1. The van der Waals surface area contributed by atoms with Gasteiger partial charge in [0.1, 0.15) is 0 Å². The first-order valence-electron chi connectivity index (χ1n) is 14.6. The van der Waals surface area contributed by atoms with E-state index in [4.69, 9.17) is 9.16 Å². The predicted octanol–water partition coefficient (Wildman–Crippen LogP) is 8.23. The number of esters is 1. The van der Waals surface area contributed by atoms with Crippen LogP contribution in [0, 0.1) is 46.8 Å². The van der Waals surface area contributed by atoms with Crippen molar-refractivity contribution in [1.82, 2.24) is 0 Å². The van der Waals surface area contributed by atoms with E-state index in [0.717, 1.165) is 29.6 Å². The van der Waals surface area contributed by atoms with Gasteiger partial charge >= 0.3 is 5.97 Å². The first-order valence-corrected chi connectivity index (χ1v) is 17.5. The molecule has 4 fully saturated rings. The normalized spacial score (nSPS) is 43.4. The van der Waals surface area contributed by atoms with Gasteiger partial charge in [-0.3, -0.25) is 4.79 Å². The fraction of sp³-hybridized carbons (Fsp3) is 0.967. The molecule has 0 saturated heterocycles. The van der Waals surface area contributed by atoms with Crippen molar-refractivity contribution in [2.45, 2.75) is 130 Å². The zero-order chi connectivity index (χ0) is 25.1. The van der Waals surface area contributed by atoms with Crippen LogP contribution in [-0.4, -0.2) is 26.5 Å². The quantitative estimate of drug-likeness (QED) is 0.287. The Balaban J connectivity index is 1.44. The molecule has 0 amide bonds. The molecule has 3 nitrogen and oxygen atoms in total. The Hall–Kier alpha value is -0.353. The Kier molecular flexibility index (Phi) is 7.22. The molecule has 4 heteroatoms. The third-order valence-corrected chi connectivity index (χ3v) is 16.5. The van der Waals surface area contributed by atoms with Crippen molar-refractivity contribution in [3.05, 3.63) is 0 Å². The van der Waals surface area contributed by atoms with Gasteiger partial charge in [0.15, 0.2) is 8.32 Å². The van der Waals surface area contributed by atoms with Crippen molar-refractivity contribution in [3.8, 4) is 0 Å². The lowest BCUT2D eigenvalue weighted by Gasteiger charge is -2.58. The zero-order valence-electron chi connectivity index (χ0n) is 23.8. The molecule has 1 unspecified atom stereocenters. The number of rotatable bonds is 5. The van der Waals surface area contributed by atoms with Crippen molar-refractivity contribution >= 4 is 14.3 Å². The van der Waals surface area contributed by atoms with E-state index in [0.29, 0.717) is 17.9 Å². The van der Waals surface area contributed by atoms with E-state index in [1.807, 2.05) is 6.92 Å². The molecule has 4 aliphatic carbocycles. The molecular formula is C30H54O3Si. The Morgan fingerprint density at radius 2 is 1.65 bits per heavy atom. The Morgan fingerprint density at radius 3 is 2.29 bits per heavy atom. The second kappa shape index (κ2) is 9.19. The highest BCUT2D eigenvalue weighted by Crippen LogP contribution is 2.66. The van der Waals surface area contributed by atoms with Crippen LogP contribution in [0.3, 0.4) is 0 Å². The van der Waals surface area contributed by atoms with E-state index >= 15 is 0 Å². The Morgan fingerprint density at radius 1 is 0.971 bits per heavy atom. The van der Waals surface area contributed by atoms with Crippen molar-refractivity contribution < 1.29 is 14.0 Å². The molecule has 0 N–H and O–H groups in total. The topological polar surface area (TPSA) is 35.5 Å². The number of hydrogen-bond acceptors (Lipinski definition) is 3. The summed E-state index contributed by atoms with van der Waals surface area (Å²) in [6.45, 7) is 21.5. The predicted molar refractivity (Wildman–Crippen MR) is 143 cm³/mol. The van der Waals surface area contributed by atoms with Crippen LogP contribution in [0.5, 0.6) is 0 Å². The molecule has 0 aromatic rings. The summed E-state index contributed by atoms with van der Waals surface area (Å²) in [7, 11) is -1.76. The second-order valence-corrected chi connectivity index (χ2v) is 19.5. The smallest absolute Gasteiger partial charge is 0.308 e. The van der Waals surface area contributed by atoms with Gasteiger partial charge in [0.05, 0.1) is 18.1 Å². The lowest BCUT2D eigenvalue weighted by atomic mass is 9.48. The SMILES string of the molecule is CCOC(=O)C(C)[C@H]1CC[C@H]2[C@@H]3CC[C@@H]4C[C@](C)(O[Si](C)(C)C(C)(C)C)CC[C@@H]4[C@H]3CC[C@]12C. The van der Waals surface area contributed by atoms with E-state index in [9.17, 15) is 4.79 Å². The average molecular weight is 491 g/mol. The lowest BCUT2D eigenvalue weighted by molar-refractivity contribution is -0.153. The van der Waals surface area contributed by atoms with Gasteiger partial charge in [-0.05, 0) is 131 Å². The summed E-state index contributed by atoms with van der Waals surface area (Å²) in [5.41, 5.74) is 0.405. The largest absolute Gasteiger partial charge is 0.466 e. The van der Waals surface area contributed by atoms with Crippen molar-refractivity contribution in [2.75, 3.05) is 6.61 Å². The number of ether oxygens (including phenoxy) is 1. The standard InChI is InChI=1S/C30H54O3Si/c1-10-32-27(31)20(2)25-13-14-26-24-12-11-21-19-29(6,33-34(8,9)28(3,4)5)17-15-22(21)23(24)16-18-30(25,26)7/h20-26H,10-19H2,1-9H3/t20?,21-,22+,23-,24-,25-,26+,29-,30-/m1/s1. The molecule has 0 aromatic heterocycles. The second-order valence-electron chi connectivity index (χ2n) is 14.8. The summed E-state index contributed by atoms with van der Waals surface area (Å²) < 4.78 is 12.5. The van der Waals surface area contributed by atoms with Crippen LogP contribution in [-0.2, 0) is 14.0 Å². The minimum Gasteiger partial charge on any atom is -0.466 e. The van der Waals surface area contributed by atoms with Gasteiger partial charge in [-0.2, -0.15) is 0 Å². The molecular weight excluding hydrogens is 436 g/mol. The van der Waals surface area contributed by atoms with Crippen LogP contribution < -0.4 is 0 Å². The summed E-state index contributed by atoms with van der Waals surface area (Å²) in [5, 5.41) is 0.276. The maximum absolute atomic E-state index is 12.6. The van der Waals surface area contributed by atoms with Gasteiger partial charge in [-0.25, -0.2) is 0 Å². The molecule has 0 bridgehead atoms. The van der Waals surface area contributed by atoms with E-state index < -0.39 is 8.32 Å². The molecule has 0 spiro atoms. The van der Waals surface area contributed by atoms with Crippen molar-refractivity contribution in [2.24, 2.45) is 46.8 Å². The molecule has 9 atom stereocenters. The summed E-state index contributed by atoms with van der Waals surface area (Å²) in [5.74, 6) is 4.94. The molecule has 34 heavy (non-hydrogen) atoms. The Bertz CT molecular complexity index is 757. The van der Waals surface area contributed by atoms with Gasteiger partial charge in [0.25, 0.3) is 0 Å². The minimum atomic E-state index is -1.76. The molecule has 0 radical (unpaired) electrons. The van der Waals surface area contributed by atoms with Crippen molar-refractivity contribution in [1.29, 1.82) is 0 Å². The summed E-state index contributed by atoms with van der Waals surface area (Å²) >= 11 is 0. The third kappa shape index (κ3) is 4.57. The van der Waals surface area contributed by atoms with Crippen LogP contribution in [0.15, 0.2) is 0 Å². The van der Waals surface area contributed by atoms with Crippen LogP contribution >= 0.6 is 0 Å². The summed E-state index contributed by atoms with van der Waals surface area (Å²) in [6.07, 6.45) is 11.9. The number of hydrogen-bond donors (Lipinski definition) is 0. The van der Waals surface area contributed by atoms with Crippen LogP contribution in [0.2, 0.25) is 18.1 Å². The maximum Gasteiger partial charge on any atom is 0.308 e. The van der Waals surface area contributed by atoms with Crippen LogP contribution in [0.4, 0.5) is 0 Å².